The first-order valence-electron chi connectivity index (χ1n) is 6.62. The summed E-state index contributed by atoms with van der Waals surface area (Å²) >= 11 is 1.86. The predicted molar refractivity (Wildman–Crippen MR) is 84.6 cm³/mol. The molecule has 19 heavy (non-hydrogen) atoms. The first-order chi connectivity index (χ1) is 9.08. The topological polar surface area (TPSA) is 26.0 Å². The molecule has 0 saturated heterocycles. The van der Waals surface area contributed by atoms with Crippen molar-refractivity contribution in [2.24, 2.45) is 5.73 Å². The second kappa shape index (κ2) is 6.27. The Morgan fingerprint density at radius 2 is 1.68 bits per heavy atom. The van der Waals surface area contributed by atoms with Gasteiger partial charge in [0.25, 0.3) is 0 Å². The molecule has 2 rings (SSSR count). The molecule has 2 unspecified atom stereocenters. The number of benzene rings is 2. The first kappa shape index (κ1) is 14.2. The van der Waals surface area contributed by atoms with Crippen LogP contribution in [-0.2, 0) is 0 Å². The van der Waals surface area contributed by atoms with Crippen molar-refractivity contribution in [2.75, 3.05) is 0 Å². The summed E-state index contributed by atoms with van der Waals surface area (Å²) < 4.78 is 0. The van der Waals surface area contributed by atoms with E-state index in [2.05, 4.69) is 51.1 Å². The average Bonchev–Trinajstić information content (AvgIpc) is 2.43. The maximum Gasteiger partial charge on any atom is 0.0416 e. The van der Waals surface area contributed by atoms with Crippen molar-refractivity contribution < 1.29 is 0 Å². The molecule has 0 aliphatic carbocycles. The first-order valence-corrected chi connectivity index (χ1v) is 7.50. The van der Waals surface area contributed by atoms with Crippen LogP contribution in [0, 0.1) is 13.8 Å². The maximum atomic E-state index is 6.35. The summed E-state index contributed by atoms with van der Waals surface area (Å²) in [5.74, 6) is 0. The summed E-state index contributed by atoms with van der Waals surface area (Å²) in [6.45, 7) is 6.48. The number of nitrogens with two attached hydrogens (primary N) is 1. The highest BCUT2D eigenvalue weighted by Gasteiger charge is 2.16. The van der Waals surface area contributed by atoms with E-state index >= 15 is 0 Å². The SMILES string of the molecule is Cc1ccc(C)c(SC(C)C(N)c2ccccc2)c1. The molecule has 2 heteroatoms. The fraction of sp³-hybridized carbons (Fsp3) is 0.294. The lowest BCUT2D eigenvalue weighted by Crippen LogP contribution is -2.21. The summed E-state index contributed by atoms with van der Waals surface area (Å²) in [6, 6.07) is 17.0. The molecule has 2 aromatic carbocycles. The number of hydrogen-bond acceptors (Lipinski definition) is 2. The summed E-state index contributed by atoms with van der Waals surface area (Å²) in [5.41, 5.74) is 10.2. The standard InChI is InChI=1S/C17H21NS/c1-12-9-10-13(2)16(11-12)19-14(3)17(18)15-7-5-4-6-8-15/h4-11,14,17H,18H2,1-3H3. The average molecular weight is 271 g/mol. The van der Waals surface area contributed by atoms with Gasteiger partial charge in [-0.05, 0) is 31.0 Å². The minimum absolute atomic E-state index is 0.0612. The molecule has 2 atom stereocenters. The third kappa shape index (κ3) is 3.62. The Labute approximate surface area is 120 Å². The van der Waals surface area contributed by atoms with Crippen LogP contribution in [0.2, 0.25) is 0 Å². The zero-order valence-corrected chi connectivity index (χ0v) is 12.6. The highest BCUT2D eigenvalue weighted by Crippen LogP contribution is 2.33. The number of aryl methyl sites for hydroxylation is 2. The Balaban J connectivity index is 2.12. The lowest BCUT2D eigenvalue weighted by atomic mass is 10.1. The molecule has 0 bridgehead atoms. The second-order valence-corrected chi connectivity index (χ2v) is 6.45. The van der Waals surface area contributed by atoms with Gasteiger partial charge >= 0.3 is 0 Å². The number of hydrogen-bond donors (Lipinski definition) is 1. The van der Waals surface area contributed by atoms with E-state index in [0.717, 1.165) is 0 Å². The van der Waals surface area contributed by atoms with Crippen molar-refractivity contribution in [3.05, 3.63) is 65.2 Å². The lowest BCUT2D eigenvalue weighted by molar-refractivity contribution is 0.715. The van der Waals surface area contributed by atoms with Gasteiger partial charge in [-0.1, -0.05) is 55.0 Å². The van der Waals surface area contributed by atoms with Gasteiger partial charge in [-0.25, -0.2) is 0 Å². The zero-order valence-electron chi connectivity index (χ0n) is 11.8. The molecule has 0 aromatic heterocycles. The molecule has 0 fully saturated rings. The maximum absolute atomic E-state index is 6.35. The minimum Gasteiger partial charge on any atom is -0.323 e. The van der Waals surface area contributed by atoms with E-state index in [-0.39, 0.29) is 6.04 Å². The largest absolute Gasteiger partial charge is 0.323 e. The smallest absolute Gasteiger partial charge is 0.0416 e. The molecule has 0 radical (unpaired) electrons. The Kier molecular flexibility index (Phi) is 4.67. The van der Waals surface area contributed by atoms with Crippen LogP contribution >= 0.6 is 11.8 Å². The van der Waals surface area contributed by atoms with Gasteiger partial charge in [-0.2, -0.15) is 0 Å². The van der Waals surface area contributed by atoms with Gasteiger partial charge in [0, 0.05) is 16.2 Å². The molecule has 2 N–H and O–H groups in total. The molecule has 0 amide bonds. The molecule has 1 nitrogen and oxygen atoms in total. The molecular weight excluding hydrogens is 250 g/mol. The van der Waals surface area contributed by atoms with Crippen molar-refractivity contribution in [3.63, 3.8) is 0 Å². The van der Waals surface area contributed by atoms with E-state index in [1.54, 1.807) is 0 Å². The van der Waals surface area contributed by atoms with Gasteiger partial charge in [-0.3, -0.25) is 0 Å². The van der Waals surface area contributed by atoms with E-state index in [1.807, 2.05) is 30.0 Å². The van der Waals surface area contributed by atoms with Crippen LogP contribution in [0.3, 0.4) is 0 Å². The van der Waals surface area contributed by atoms with Crippen molar-refractivity contribution in [1.82, 2.24) is 0 Å². The molecule has 0 saturated carbocycles. The van der Waals surface area contributed by atoms with Crippen LogP contribution in [0.25, 0.3) is 0 Å². The summed E-state index contributed by atoms with van der Waals surface area (Å²) in [4.78, 5) is 1.33. The molecule has 0 heterocycles. The van der Waals surface area contributed by atoms with E-state index < -0.39 is 0 Å². The molecule has 0 aliphatic heterocycles. The number of rotatable bonds is 4. The monoisotopic (exact) mass is 271 g/mol. The third-order valence-electron chi connectivity index (χ3n) is 3.35. The van der Waals surface area contributed by atoms with Crippen LogP contribution in [0.4, 0.5) is 0 Å². The van der Waals surface area contributed by atoms with Crippen LogP contribution in [-0.4, -0.2) is 5.25 Å². The van der Waals surface area contributed by atoms with E-state index in [1.165, 1.54) is 21.6 Å². The third-order valence-corrected chi connectivity index (χ3v) is 4.71. The quantitative estimate of drug-likeness (QED) is 0.829. The molecular formula is C17H21NS. The van der Waals surface area contributed by atoms with Gasteiger partial charge in [0.2, 0.25) is 0 Å². The fourth-order valence-corrected chi connectivity index (χ4v) is 3.27. The summed E-state index contributed by atoms with van der Waals surface area (Å²) in [6.07, 6.45) is 0. The fourth-order valence-electron chi connectivity index (χ4n) is 2.05. The molecule has 0 spiro atoms. The van der Waals surface area contributed by atoms with E-state index in [9.17, 15) is 0 Å². The Morgan fingerprint density at radius 1 is 1.00 bits per heavy atom. The number of thioether (sulfide) groups is 1. The molecule has 2 aromatic rings. The van der Waals surface area contributed by atoms with Crippen LogP contribution in [0.15, 0.2) is 53.4 Å². The minimum atomic E-state index is 0.0612. The van der Waals surface area contributed by atoms with Crippen LogP contribution < -0.4 is 5.73 Å². The van der Waals surface area contributed by atoms with Gasteiger partial charge < -0.3 is 5.73 Å². The van der Waals surface area contributed by atoms with Crippen molar-refractivity contribution in [3.8, 4) is 0 Å². The predicted octanol–water partition coefficient (Wildman–Crippen LogP) is 4.48. The Bertz CT molecular complexity index is 536. The normalized spacial score (nSPS) is 14.1. The van der Waals surface area contributed by atoms with Gasteiger partial charge in [0.1, 0.15) is 0 Å². The van der Waals surface area contributed by atoms with Gasteiger partial charge in [0.15, 0.2) is 0 Å². The summed E-state index contributed by atoms with van der Waals surface area (Å²) in [5, 5.41) is 0.350. The molecule has 100 valence electrons. The molecule has 0 aliphatic rings. The van der Waals surface area contributed by atoms with Crippen molar-refractivity contribution >= 4 is 11.8 Å². The highest BCUT2D eigenvalue weighted by atomic mass is 32.2. The lowest BCUT2D eigenvalue weighted by Gasteiger charge is -2.21. The van der Waals surface area contributed by atoms with Crippen molar-refractivity contribution in [1.29, 1.82) is 0 Å². The van der Waals surface area contributed by atoms with E-state index in [0.29, 0.717) is 5.25 Å². The Hall–Kier alpha value is -1.25. The van der Waals surface area contributed by atoms with E-state index in [4.69, 9.17) is 5.73 Å². The Morgan fingerprint density at radius 3 is 2.37 bits per heavy atom. The van der Waals surface area contributed by atoms with Crippen LogP contribution in [0.1, 0.15) is 29.7 Å². The van der Waals surface area contributed by atoms with Crippen LogP contribution in [0.5, 0.6) is 0 Å². The highest BCUT2D eigenvalue weighted by molar-refractivity contribution is 8.00. The zero-order chi connectivity index (χ0) is 13.8. The summed E-state index contributed by atoms with van der Waals surface area (Å²) in [7, 11) is 0. The van der Waals surface area contributed by atoms with Gasteiger partial charge in [-0.15, -0.1) is 11.8 Å². The van der Waals surface area contributed by atoms with Gasteiger partial charge in [0.05, 0.1) is 0 Å². The van der Waals surface area contributed by atoms with Crippen molar-refractivity contribution in [2.45, 2.75) is 37.0 Å². The second-order valence-electron chi connectivity index (χ2n) is 5.03.